The lowest BCUT2D eigenvalue weighted by molar-refractivity contribution is 0.00706. The number of rotatable bonds is 5. The van der Waals surface area contributed by atoms with Gasteiger partial charge in [0.05, 0.1) is 42.2 Å². The molecule has 5 atom stereocenters. The minimum Gasteiger partial charge on any atom is -0.456 e. The van der Waals surface area contributed by atoms with Crippen molar-refractivity contribution < 1.29 is 24.1 Å². The zero-order valence-corrected chi connectivity index (χ0v) is 21.2. The molecule has 3 fully saturated rings. The Morgan fingerprint density at radius 3 is 2.39 bits per heavy atom. The van der Waals surface area contributed by atoms with Crippen LogP contribution in [0.15, 0.2) is 54.6 Å². The number of pyridine rings is 1. The number of aliphatic hydroxyl groups excluding tert-OH is 1. The van der Waals surface area contributed by atoms with Gasteiger partial charge in [0, 0.05) is 18.7 Å². The first-order valence-corrected chi connectivity index (χ1v) is 13.2. The van der Waals surface area contributed by atoms with Crippen molar-refractivity contribution in [1.82, 2.24) is 20.3 Å². The molecule has 3 N–H and O–H groups in total. The van der Waals surface area contributed by atoms with Gasteiger partial charge >= 0.3 is 0 Å². The number of halogens is 1. The Morgan fingerprint density at radius 1 is 0.895 bits per heavy atom. The van der Waals surface area contributed by atoms with Gasteiger partial charge in [0.15, 0.2) is 11.8 Å². The number of nitrogens with one attached hydrogen (secondary N) is 2. The number of morpholine rings is 1. The van der Waals surface area contributed by atoms with Crippen LogP contribution in [-0.4, -0.2) is 77.4 Å². The molecular weight excluding hydrogens is 508 g/mol. The van der Waals surface area contributed by atoms with Crippen LogP contribution in [0.4, 0.5) is 0 Å². The Kier molecular flexibility index (Phi) is 6.27. The second-order valence-corrected chi connectivity index (χ2v) is 10.2. The normalized spacial score (nSPS) is 27.1. The Balaban J connectivity index is 1.09. The number of aliphatic hydroxyl groups is 1. The van der Waals surface area contributed by atoms with E-state index >= 15 is 0 Å². The molecule has 0 saturated carbocycles. The van der Waals surface area contributed by atoms with Crippen LogP contribution in [0.5, 0.6) is 6.01 Å². The fraction of sp³-hybridized carbons (Fsp3) is 0.357. The van der Waals surface area contributed by atoms with Crippen LogP contribution in [0.1, 0.15) is 11.7 Å². The van der Waals surface area contributed by atoms with Crippen molar-refractivity contribution in [1.29, 1.82) is 0 Å². The fourth-order valence-electron chi connectivity index (χ4n) is 5.33. The lowest BCUT2D eigenvalue weighted by atomic mass is 9.99. The molecule has 3 saturated heterocycles. The molecule has 7 rings (SSSR count). The molecule has 4 aromatic rings. The van der Waals surface area contributed by atoms with Gasteiger partial charge in [0.25, 0.3) is 6.01 Å². The summed E-state index contributed by atoms with van der Waals surface area (Å²) < 4.78 is 23.1. The average Bonchev–Trinajstić information content (AvgIpc) is 3.65. The van der Waals surface area contributed by atoms with E-state index in [1.807, 2.05) is 12.1 Å². The van der Waals surface area contributed by atoms with Gasteiger partial charge in [0.1, 0.15) is 18.3 Å². The summed E-state index contributed by atoms with van der Waals surface area (Å²) >= 11 is 6.62. The molecule has 0 radical (unpaired) electrons. The largest absolute Gasteiger partial charge is 0.456 e. The summed E-state index contributed by atoms with van der Waals surface area (Å²) in [6.07, 6.45) is -1.58. The van der Waals surface area contributed by atoms with Crippen molar-refractivity contribution >= 4 is 22.8 Å². The third-order valence-corrected chi connectivity index (χ3v) is 7.64. The highest BCUT2D eigenvalue weighted by atomic mass is 35.5. The van der Waals surface area contributed by atoms with Crippen LogP contribution in [0, 0.1) is 0 Å². The number of hydrogen-bond donors (Lipinski definition) is 3. The van der Waals surface area contributed by atoms with Crippen LogP contribution < -0.4 is 10.1 Å². The number of H-pyrrole nitrogens is 1. The molecule has 9 nitrogen and oxygen atoms in total. The number of nitrogens with zero attached hydrogens (tertiary/aromatic N) is 2. The molecule has 5 heterocycles. The average molecular weight is 535 g/mol. The third-order valence-electron chi connectivity index (χ3n) is 7.35. The first-order chi connectivity index (χ1) is 18.6. The second kappa shape index (κ2) is 9.92. The molecule has 0 amide bonds. The first-order valence-electron chi connectivity index (χ1n) is 12.8. The lowest BCUT2D eigenvalue weighted by Gasteiger charge is -2.24. The van der Waals surface area contributed by atoms with Crippen molar-refractivity contribution in [3.05, 3.63) is 65.2 Å². The number of fused-ring (bicyclic) bond motifs is 2. The van der Waals surface area contributed by atoms with Gasteiger partial charge in [-0.2, -0.15) is 4.98 Å². The maximum atomic E-state index is 9.95. The van der Waals surface area contributed by atoms with Crippen molar-refractivity contribution in [3.8, 4) is 28.4 Å². The maximum absolute atomic E-state index is 9.95. The van der Waals surface area contributed by atoms with Crippen molar-refractivity contribution in [3.63, 3.8) is 0 Å². The van der Waals surface area contributed by atoms with Crippen LogP contribution in [0.3, 0.4) is 0 Å². The van der Waals surface area contributed by atoms with E-state index in [-0.39, 0.29) is 31.0 Å². The van der Waals surface area contributed by atoms with Gasteiger partial charge in [-0.15, -0.1) is 0 Å². The molecule has 2 aromatic carbocycles. The molecule has 196 valence electrons. The number of hydrogen-bond acceptors (Lipinski definition) is 8. The van der Waals surface area contributed by atoms with E-state index < -0.39 is 6.10 Å². The number of aromatic nitrogens is 3. The standard InChI is InChI=1S/C28H27ClN4O5/c29-19-11-20-27(33-28(31-20)38-23-14-37-25-21(34)13-36-26(23)25)32-24(19)18-7-3-16(4-8-18)15-1-5-17(6-2-15)22-12-30-9-10-35-22/h1-8,11,21-23,25-26,30,34H,9-10,12-14H2,(H,31,32,33)/t21-,22?,23-,25-,26-/m1/s1. The first kappa shape index (κ1) is 24.0. The van der Waals surface area contributed by atoms with Gasteiger partial charge in [-0.05, 0) is 22.8 Å². The third kappa shape index (κ3) is 4.45. The summed E-state index contributed by atoms with van der Waals surface area (Å²) in [7, 11) is 0. The van der Waals surface area contributed by atoms with E-state index in [1.54, 1.807) is 6.07 Å². The highest BCUT2D eigenvalue weighted by Gasteiger charge is 2.48. The maximum Gasteiger partial charge on any atom is 0.296 e. The molecule has 0 bridgehead atoms. The second-order valence-electron chi connectivity index (χ2n) is 9.81. The van der Waals surface area contributed by atoms with E-state index in [1.165, 1.54) is 5.56 Å². The van der Waals surface area contributed by atoms with E-state index in [0.717, 1.165) is 36.4 Å². The predicted molar refractivity (Wildman–Crippen MR) is 141 cm³/mol. The van der Waals surface area contributed by atoms with E-state index in [0.29, 0.717) is 34.5 Å². The minimum absolute atomic E-state index is 0.101. The minimum atomic E-state index is -0.633. The van der Waals surface area contributed by atoms with E-state index in [2.05, 4.69) is 51.7 Å². The van der Waals surface area contributed by atoms with Crippen LogP contribution >= 0.6 is 11.6 Å². The zero-order valence-electron chi connectivity index (χ0n) is 20.5. The molecule has 0 aliphatic carbocycles. The van der Waals surface area contributed by atoms with Gasteiger partial charge in [0.2, 0.25) is 0 Å². The molecular formula is C28H27ClN4O5. The number of benzene rings is 2. The highest BCUT2D eigenvalue weighted by Crippen LogP contribution is 2.33. The Morgan fingerprint density at radius 2 is 1.63 bits per heavy atom. The summed E-state index contributed by atoms with van der Waals surface area (Å²) in [5, 5.41) is 13.8. The summed E-state index contributed by atoms with van der Waals surface area (Å²) in [5.41, 5.74) is 6.12. The molecule has 38 heavy (non-hydrogen) atoms. The zero-order chi connectivity index (χ0) is 25.6. The van der Waals surface area contributed by atoms with Crippen LogP contribution in [0.25, 0.3) is 33.5 Å². The monoisotopic (exact) mass is 534 g/mol. The number of ether oxygens (including phenoxy) is 4. The summed E-state index contributed by atoms with van der Waals surface area (Å²) in [6.45, 7) is 3.04. The quantitative estimate of drug-likeness (QED) is 0.357. The van der Waals surface area contributed by atoms with Crippen molar-refractivity contribution in [2.45, 2.75) is 30.5 Å². The number of aromatic amines is 1. The lowest BCUT2D eigenvalue weighted by Crippen LogP contribution is -2.34. The van der Waals surface area contributed by atoms with Gasteiger partial charge in [-0.1, -0.05) is 60.1 Å². The molecule has 2 aromatic heterocycles. The smallest absolute Gasteiger partial charge is 0.296 e. The predicted octanol–water partition coefficient (Wildman–Crippen LogP) is 3.51. The van der Waals surface area contributed by atoms with Crippen LogP contribution in [0.2, 0.25) is 5.02 Å². The summed E-state index contributed by atoms with van der Waals surface area (Å²) in [6, 6.07) is 18.8. The van der Waals surface area contributed by atoms with Crippen molar-refractivity contribution in [2.75, 3.05) is 32.9 Å². The molecule has 3 aliphatic heterocycles. The number of imidazole rings is 1. The topological polar surface area (TPSA) is 111 Å². The molecule has 10 heteroatoms. The Labute approximate surface area is 224 Å². The van der Waals surface area contributed by atoms with Gasteiger partial charge < -0.3 is 34.4 Å². The SMILES string of the molecule is O[C@@H]1CO[C@H]2[C@@H]1OC[C@H]2Oc1nc2nc(-c3ccc(-c4ccc(C5CNCCO5)cc4)cc3)c(Cl)cc2[nH]1. The molecule has 1 unspecified atom stereocenters. The molecule has 3 aliphatic rings. The van der Waals surface area contributed by atoms with E-state index in [4.69, 9.17) is 35.5 Å². The fourth-order valence-corrected chi connectivity index (χ4v) is 5.59. The summed E-state index contributed by atoms with van der Waals surface area (Å²) in [4.78, 5) is 12.3. The van der Waals surface area contributed by atoms with Crippen molar-refractivity contribution in [2.24, 2.45) is 0 Å². The molecule has 0 spiro atoms. The highest BCUT2D eigenvalue weighted by molar-refractivity contribution is 6.33. The Bertz CT molecular complexity index is 1440. The van der Waals surface area contributed by atoms with Gasteiger partial charge in [-0.3, -0.25) is 0 Å². The summed E-state index contributed by atoms with van der Waals surface area (Å²) in [5.74, 6) is 0. The Hall–Kier alpha value is -3.05. The van der Waals surface area contributed by atoms with Gasteiger partial charge in [-0.25, -0.2) is 4.98 Å². The van der Waals surface area contributed by atoms with E-state index in [9.17, 15) is 5.11 Å². The van der Waals surface area contributed by atoms with Crippen LogP contribution in [-0.2, 0) is 14.2 Å².